The van der Waals surface area contributed by atoms with Crippen molar-refractivity contribution in [1.82, 2.24) is 15.0 Å². The van der Waals surface area contributed by atoms with Crippen molar-refractivity contribution in [2.24, 2.45) is 0 Å². The summed E-state index contributed by atoms with van der Waals surface area (Å²) in [5.41, 5.74) is 2.38. The van der Waals surface area contributed by atoms with E-state index in [-0.39, 0.29) is 24.1 Å². The first kappa shape index (κ1) is 20.0. The van der Waals surface area contributed by atoms with Crippen molar-refractivity contribution in [3.05, 3.63) is 53.8 Å². The number of carbonyl (C=O) groups is 2. The molecule has 144 valence electrons. The van der Waals surface area contributed by atoms with E-state index in [1.165, 1.54) is 29.4 Å². The second kappa shape index (κ2) is 9.95. The molecule has 2 aromatic heterocycles. The summed E-state index contributed by atoms with van der Waals surface area (Å²) >= 11 is 2.59. The van der Waals surface area contributed by atoms with Gasteiger partial charge in [-0.05, 0) is 13.0 Å². The average molecular weight is 415 g/mol. The van der Waals surface area contributed by atoms with Gasteiger partial charge in [0.15, 0.2) is 5.13 Å². The van der Waals surface area contributed by atoms with Gasteiger partial charge < -0.3 is 10.1 Å². The summed E-state index contributed by atoms with van der Waals surface area (Å²) in [5.74, 6) is -0.334. The van der Waals surface area contributed by atoms with E-state index in [1.807, 2.05) is 36.4 Å². The topological polar surface area (TPSA) is 94.1 Å². The molecule has 0 spiro atoms. The fourth-order valence-electron chi connectivity index (χ4n) is 2.29. The Morgan fingerprint density at radius 3 is 2.82 bits per heavy atom. The minimum absolute atomic E-state index is 0.0954. The van der Waals surface area contributed by atoms with Gasteiger partial charge in [-0.15, -0.1) is 11.3 Å². The summed E-state index contributed by atoms with van der Waals surface area (Å²) in [4.78, 5) is 36.4. The molecule has 0 saturated heterocycles. The van der Waals surface area contributed by atoms with Crippen LogP contribution in [0.4, 0.5) is 5.13 Å². The zero-order valence-electron chi connectivity index (χ0n) is 15.1. The van der Waals surface area contributed by atoms with Crippen molar-refractivity contribution < 1.29 is 14.3 Å². The molecule has 0 atom stereocenters. The van der Waals surface area contributed by atoms with Gasteiger partial charge in [0, 0.05) is 10.9 Å². The van der Waals surface area contributed by atoms with Crippen LogP contribution in [0.25, 0.3) is 11.3 Å². The summed E-state index contributed by atoms with van der Waals surface area (Å²) < 4.78 is 4.89. The first-order valence-corrected chi connectivity index (χ1v) is 10.4. The van der Waals surface area contributed by atoms with E-state index in [1.54, 1.807) is 12.3 Å². The number of nitrogens with one attached hydrogen (secondary N) is 1. The number of aromatic nitrogens is 3. The Morgan fingerprint density at radius 1 is 1.21 bits per heavy atom. The van der Waals surface area contributed by atoms with Gasteiger partial charge in [-0.25, -0.2) is 15.0 Å². The SMILES string of the molecule is CCOC(=O)Cc1csc(NC(=O)CSc2cc(-c3ccccc3)ncn2)n1. The number of nitrogens with zero attached hydrogens (tertiary/aromatic N) is 3. The highest BCUT2D eigenvalue weighted by atomic mass is 32.2. The normalized spacial score (nSPS) is 10.5. The molecular weight excluding hydrogens is 396 g/mol. The Hall–Kier alpha value is -2.78. The first-order chi connectivity index (χ1) is 13.6. The van der Waals surface area contributed by atoms with Crippen LogP contribution in [0.5, 0.6) is 0 Å². The lowest BCUT2D eigenvalue weighted by Crippen LogP contribution is -2.14. The minimum Gasteiger partial charge on any atom is -0.466 e. The monoisotopic (exact) mass is 414 g/mol. The predicted octanol–water partition coefficient (Wildman–Crippen LogP) is 3.44. The van der Waals surface area contributed by atoms with Gasteiger partial charge in [0.1, 0.15) is 11.4 Å². The summed E-state index contributed by atoms with van der Waals surface area (Å²) in [7, 11) is 0. The fraction of sp³-hybridized carbons (Fsp3) is 0.211. The van der Waals surface area contributed by atoms with Gasteiger partial charge in [-0.3, -0.25) is 9.59 Å². The van der Waals surface area contributed by atoms with Crippen molar-refractivity contribution in [1.29, 1.82) is 0 Å². The molecule has 0 aliphatic heterocycles. The molecule has 2 heterocycles. The van der Waals surface area contributed by atoms with Crippen LogP contribution in [-0.2, 0) is 20.7 Å². The van der Waals surface area contributed by atoms with E-state index in [0.717, 1.165) is 11.3 Å². The van der Waals surface area contributed by atoms with Crippen LogP contribution >= 0.6 is 23.1 Å². The molecule has 28 heavy (non-hydrogen) atoms. The van der Waals surface area contributed by atoms with Crippen LogP contribution < -0.4 is 5.32 Å². The molecule has 1 N–H and O–H groups in total. The van der Waals surface area contributed by atoms with E-state index in [2.05, 4.69) is 20.3 Å². The first-order valence-electron chi connectivity index (χ1n) is 8.54. The summed E-state index contributed by atoms with van der Waals surface area (Å²) in [6.45, 7) is 2.08. The van der Waals surface area contributed by atoms with Gasteiger partial charge >= 0.3 is 5.97 Å². The molecule has 0 unspecified atom stereocenters. The number of benzene rings is 1. The number of thiazole rings is 1. The number of ether oxygens (including phenoxy) is 1. The third kappa shape index (κ3) is 5.86. The summed E-state index contributed by atoms with van der Waals surface area (Å²) in [6, 6.07) is 11.6. The van der Waals surface area contributed by atoms with Gasteiger partial charge in [0.25, 0.3) is 0 Å². The maximum atomic E-state index is 12.2. The van der Waals surface area contributed by atoms with Crippen LogP contribution in [0.3, 0.4) is 0 Å². The van der Waals surface area contributed by atoms with Crippen LogP contribution in [0.1, 0.15) is 12.6 Å². The molecule has 0 saturated carbocycles. The summed E-state index contributed by atoms with van der Waals surface area (Å²) in [6.07, 6.45) is 1.59. The second-order valence-corrected chi connectivity index (χ2v) is 7.42. The van der Waals surface area contributed by atoms with E-state index in [0.29, 0.717) is 22.5 Å². The van der Waals surface area contributed by atoms with Crippen LogP contribution in [0.2, 0.25) is 0 Å². The van der Waals surface area contributed by atoms with Crippen LogP contribution in [0.15, 0.2) is 53.1 Å². The molecule has 1 aromatic carbocycles. The molecule has 0 aliphatic carbocycles. The Morgan fingerprint density at radius 2 is 2.04 bits per heavy atom. The Balaban J connectivity index is 1.52. The van der Waals surface area contributed by atoms with E-state index in [9.17, 15) is 9.59 Å². The van der Waals surface area contributed by atoms with Crippen molar-refractivity contribution in [3.8, 4) is 11.3 Å². The van der Waals surface area contributed by atoms with Crippen LogP contribution in [0, 0.1) is 0 Å². The Bertz CT molecular complexity index is 947. The van der Waals surface area contributed by atoms with E-state index in [4.69, 9.17) is 4.74 Å². The number of hydrogen-bond acceptors (Lipinski definition) is 8. The minimum atomic E-state index is -0.334. The zero-order valence-corrected chi connectivity index (χ0v) is 16.8. The van der Waals surface area contributed by atoms with Crippen molar-refractivity contribution >= 4 is 40.1 Å². The highest BCUT2D eigenvalue weighted by molar-refractivity contribution is 7.99. The highest BCUT2D eigenvalue weighted by Gasteiger charge is 2.11. The van der Waals surface area contributed by atoms with Gasteiger partial charge in [-0.2, -0.15) is 0 Å². The lowest BCUT2D eigenvalue weighted by atomic mass is 10.1. The molecule has 0 radical (unpaired) electrons. The molecule has 0 bridgehead atoms. The molecule has 0 aliphatic rings. The van der Waals surface area contributed by atoms with Crippen LogP contribution in [-0.4, -0.2) is 39.2 Å². The number of thioether (sulfide) groups is 1. The molecule has 9 heteroatoms. The number of anilines is 1. The molecule has 7 nitrogen and oxygen atoms in total. The largest absolute Gasteiger partial charge is 0.466 e. The standard InChI is InChI=1S/C19H18N4O3S2/c1-2-26-18(25)8-14-10-28-19(22-14)23-16(24)11-27-17-9-15(20-12-21-17)13-6-4-3-5-7-13/h3-7,9-10,12H,2,8,11H2,1H3,(H,22,23,24). The number of carbonyl (C=O) groups excluding carboxylic acids is 2. The Labute approximate surface area is 170 Å². The fourth-order valence-corrected chi connectivity index (χ4v) is 3.68. The molecule has 0 fully saturated rings. The third-order valence-electron chi connectivity index (χ3n) is 3.49. The highest BCUT2D eigenvalue weighted by Crippen LogP contribution is 2.22. The van der Waals surface area contributed by atoms with E-state index < -0.39 is 0 Å². The predicted molar refractivity (Wildman–Crippen MR) is 109 cm³/mol. The molecular formula is C19H18N4O3S2. The number of hydrogen-bond donors (Lipinski definition) is 1. The van der Waals surface area contributed by atoms with Gasteiger partial charge in [-0.1, -0.05) is 42.1 Å². The second-order valence-electron chi connectivity index (χ2n) is 5.57. The van der Waals surface area contributed by atoms with E-state index >= 15 is 0 Å². The maximum Gasteiger partial charge on any atom is 0.311 e. The number of esters is 1. The zero-order chi connectivity index (χ0) is 19.8. The van der Waals surface area contributed by atoms with Gasteiger partial charge in [0.2, 0.25) is 5.91 Å². The smallest absolute Gasteiger partial charge is 0.311 e. The quantitative estimate of drug-likeness (QED) is 0.343. The lowest BCUT2D eigenvalue weighted by Gasteiger charge is -2.04. The molecule has 3 rings (SSSR count). The van der Waals surface area contributed by atoms with Crippen molar-refractivity contribution in [3.63, 3.8) is 0 Å². The molecule has 1 amide bonds. The van der Waals surface area contributed by atoms with Gasteiger partial charge in [0.05, 0.1) is 30.2 Å². The molecule has 3 aromatic rings. The summed E-state index contributed by atoms with van der Waals surface area (Å²) in [5, 5.41) is 5.64. The average Bonchev–Trinajstić information content (AvgIpc) is 3.14. The lowest BCUT2D eigenvalue weighted by molar-refractivity contribution is -0.142. The number of rotatable bonds is 8. The van der Waals surface area contributed by atoms with Crippen molar-refractivity contribution in [2.75, 3.05) is 17.7 Å². The van der Waals surface area contributed by atoms with Crippen molar-refractivity contribution in [2.45, 2.75) is 18.4 Å². The number of amides is 1. The third-order valence-corrected chi connectivity index (χ3v) is 5.22. The maximum absolute atomic E-state index is 12.2. The Kier molecular flexibility index (Phi) is 7.10.